The normalized spacial score (nSPS) is 55.3. The van der Waals surface area contributed by atoms with Crippen LogP contribution in [0.3, 0.4) is 0 Å². The van der Waals surface area contributed by atoms with Gasteiger partial charge in [-0.15, -0.1) is 0 Å². The molecule has 0 aromatic rings. The lowest BCUT2D eigenvalue weighted by Gasteiger charge is -2.64. The van der Waals surface area contributed by atoms with Crippen molar-refractivity contribution in [1.82, 2.24) is 4.90 Å². The van der Waals surface area contributed by atoms with Gasteiger partial charge in [0.15, 0.2) is 6.29 Å². The van der Waals surface area contributed by atoms with Crippen molar-refractivity contribution in [3.63, 3.8) is 0 Å². The summed E-state index contributed by atoms with van der Waals surface area (Å²) in [4.78, 5) is 2.47. The van der Waals surface area contributed by atoms with Crippen molar-refractivity contribution in [2.45, 2.75) is 155 Å². The minimum absolute atomic E-state index is 0.00150. The Morgan fingerprint density at radius 1 is 1.06 bits per heavy atom. The maximum atomic E-state index is 12.7. The smallest absolute Gasteiger partial charge is 0.170 e. The average molecular weight is 665 g/mol. The molecular weight excluding hydrogens is 594 g/mol. The van der Waals surface area contributed by atoms with Crippen LogP contribution >= 0.6 is 0 Å². The molecule has 0 bridgehead atoms. The van der Waals surface area contributed by atoms with Gasteiger partial charge in [-0.1, -0.05) is 34.6 Å². The highest BCUT2D eigenvalue weighted by atomic mass is 16.7. The van der Waals surface area contributed by atoms with Crippen LogP contribution in [0.15, 0.2) is 0 Å². The largest absolute Gasteiger partial charge is 0.390 e. The van der Waals surface area contributed by atoms with E-state index in [1.807, 2.05) is 0 Å². The first-order chi connectivity index (χ1) is 24.0. The average Bonchev–Trinajstić information content (AvgIpc) is 3.64. The van der Waals surface area contributed by atoms with Crippen LogP contribution in [0.1, 0.15) is 114 Å². The van der Waals surface area contributed by atoms with Crippen molar-refractivity contribution >= 4 is 0 Å². The van der Waals surface area contributed by atoms with Gasteiger partial charge in [0.25, 0.3) is 0 Å². The van der Waals surface area contributed by atoms with Crippen LogP contribution in [-0.2, 0) is 23.7 Å². The Morgan fingerprint density at radius 2 is 1.81 bits per heavy atom. The van der Waals surface area contributed by atoms with E-state index in [4.69, 9.17) is 30.5 Å². The van der Waals surface area contributed by atoms with Gasteiger partial charge in [-0.25, -0.2) is 0 Å². The first kappa shape index (κ1) is 28.3. The van der Waals surface area contributed by atoms with Gasteiger partial charge < -0.3 is 33.9 Å². The number of morpholine rings is 1. The predicted octanol–water partition coefficient (Wildman–Crippen LogP) is 5.42. The van der Waals surface area contributed by atoms with E-state index in [0.717, 1.165) is 64.8 Å². The van der Waals surface area contributed by atoms with E-state index in [0.29, 0.717) is 30.9 Å². The Morgan fingerprint density at radius 3 is 2.51 bits per heavy atom. The van der Waals surface area contributed by atoms with Gasteiger partial charge >= 0.3 is 0 Å². The molecule has 0 radical (unpaired) electrons. The summed E-state index contributed by atoms with van der Waals surface area (Å²) in [6, 6.07) is 0.482. The van der Waals surface area contributed by atoms with Gasteiger partial charge in [0.1, 0.15) is 6.10 Å². The zero-order valence-electron chi connectivity index (χ0n) is 34.9. The first-order valence-corrected chi connectivity index (χ1v) is 18.9. The van der Waals surface area contributed by atoms with Crippen molar-refractivity contribution in [3.8, 4) is 0 Å². The molecule has 47 heavy (non-hydrogen) atoms. The lowest BCUT2D eigenvalue weighted by molar-refractivity contribution is -0.256. The van der Waals surface area contributed by atoms with Crippen LogP contribution < -0.4 is 0 Å². The number of aliphatic hydroxyl groups excluding tert-OH is 1. The number of aliphatic hydroxyl groups is 2. The number of rotatable bonds is 7. The van der Waals surface area contributed by atoms with E-state index < -0.39 is 48.8 Å². The Labute approximate surface area is 291 Å². The number of hydrogen-bond donors (Lipinski definition) is 2. The fourth-order valence-corrected chi connectivity index (χ4v) is 14.2. The first-order valence-electron chi connectivity index (χ1n) is 21.4. The molecule has 0 aromatic carbocycles. The molecule has 2 spiro atoms. The van der Waals surface area contributed by atoms with Crippen molar-refractivity contribution in [1.29, 1.82) is 0 Å². The Balaban J connectivity index is 1.02. The lowest BCUT2D eigenvalue weighted by Crippen LogP contribution is -2.60. The van der Waals surface area contributed by atoms with Gasteiger partial charge in [-0.3, -0.25) is 4.90 Å². The lowest BCUT2D eigenvalue weighted by atomic mass is 9.41. The summed E-state index contributed by atoms with van der Waals surface area (Å²) in [5.41, 5.74) is -1.71. The highest BCUT2D eigenvalue weighted by molar-refractivity contribution is 5.33. The molecule has 3 aliphatic heterocycles. The molecule has 2 unspecified atom stereocenters. The second-order valence-electron chi connectivity index (χ2n) is 19.0. The van der Waals surface area contributed by atoms with Gasteiger partial charge in [-0.05, 0) is 117 Å². The summed E-state index contributed by atoms with van der Waals surface area (Å²) in [6.45, 7) is 12.9. The van der Waals surface area contributed by atoms with E-state index in [-0.39, 0.29) is 45.9 Å². The van der Waals surface area contributed by atoms with E-state index in [1.165, 1.54) is 20.3 Å². The summed E-state index contributed by atoms with van der Waals surface area (Å²) >= 11 is 0. The van der Waals surface area contributed by atoms with Crippen molar-refractivity contribution in [3.05, 3.63) is 0 Å². The SMILES string of the molecule is [2H]C([2H])([2H])C([2H])([2H])O[C@@H]([C@H]1C[C@@H](C)[C@H]2[C@H](O1)[C@H](O)[C@@]1(C)C3CC[C@H]4C(C)(C)C(O[C@H]5CN(C6COC6)CCO5)CC[C@@]45C[C@@]35CC[C@]21C)C(C)(C)O. The molecule has 8 aliphatic rings. The van der Waals surface area contributed by atoms with E-state index in [1.54, 1.807) is 0 Å². The summed E-state index contributed by atoms with van der Waals surface area (Å²) < 4.78 is 70.7. The quantitative estimate of drug-likeness (QED) is 0.373. The molecule has 5 aliphatic carbocycles. The van der Waals surface area contributed by atoms with Crippen LogP contribution in [0.4, 0.5) is 0 Å². The van der Waals surface area contributed by atoms with Crippen molar-refractivity contribution in [2.75, 3.05) is 39.5 Å². The van der Waals surface area contributed by atoms with Crippen LogP contribution in [0.25, 0.3) is 0 Å². The molecule has 268 valence electrons. The topological polar surface area (TPSA) is 89.9 Å². The molecule has 14 atom stereocenters. The maximum absolute atomic E-state index is 12.7. The maximum Gasteiger partial charge on any atom is 0.170 e. The fraction of sp³-hybridized carbons (Fsp3) is 1.00. The van der Waals surface area contributed by atoms with Crippen LogP contribution in [0.5, 0.6) is 0 Å². The van der Waals surface area contributed by atoms with Gasteiger partial charge in [0.05, 0.1) is 65.2 Å². The molecule has 3 heterocycles. The van der Waals surface area contributed by atoms with Crippen molar-refractivity contribution in [2.24, 2.45) is 50.7 Å². The minimum Gasteiger partial charge on any atom is -0.390 e. The number of fused-ring (bicyclic) bond motifs is 4. The third-order valence-corrected chi connectivity index (χ3v) is 16.5. The van der Waals surface area contributed by atoms with Crippen LogP contribution in [0.2, 0.25) is 0 Å². The summed E-state index contributed by atoms with van der Waals surface area (Å²) in [6.07, 6.45) is 4.90. The Bertz CT molecular complexity index is 1390. The summed E-state index contributed by atoms with van der Waals surface area (Å²) in [5, 5.41) is 23.9. The molecular formula is C39H65NO7. The van der Waals surface area contributed by atoms with Crippen LogP contribution in [-0.4, -0.2) is 103 Å². The van der Waals surface area contributed by atoms with Crippen molar-refractivity contribution < 1.29 is 40.8 Å². The molecule has 8 nitrogen and oxygen atoms in total. The molecule has 8 heteroatoms. The highest BCUT2D eigenvalue weighted by Crippen LogP contribution is 2.89. The standard InChI is InChI=1S/C39H65NO7/c1-9-44-33(35(5,6)42)25-18-23(2)30-31(46-25)32(41)37(8)27-11-10-26-34(3,4)28(47-29-19-40(16-17-45-29)24-20-43-21-24)12-13-38(26)22-39(27,38)15-14-36(30,37)7/h23-33,41-42H,9-22H2,1-8H3/t23-,25-,26+,27?,28?,29+,30+,31+,32+,33+,36-,37-,38-,39+/m1/s1/i1D3,9D2. The third-order valence-electron chi connectivity index (χ3n) is 16.5. The number of ether oxygens (including phenoxy) is 5. The highest BCUT2D eigenvalue weighted by Gasteiger charge is 2.84. The predicted molar refractivity (Wildman–Crippen MR) is 179 cm³/mol. The van der Waals surface area contributed by atoms with Crippen LogP contribution in [0, 0.1) is 50.7 Å². The molecule has 0 amide bonds. The molecule has 5 saturated carbocycles. The second-order valence-corrected chi connectivity index (χ2v) is 19.0. The molecule has 0 aromatic heterocycles. The van der Waals surface area contributed by atoms with E-state index >= 15 is 0 Å². The molecule has 8 rings (SSSR count). The van der Waals surface area contributed by atoms with Gasteiger partial charge in [-0.2, -0.15) is 0 Å². The zero-order valence-corrected chi connectivity index (χ0v) is 29.9. The minimum atomic E-state index is -3.04. The monoisotopic (exact) mass is 665 g/mol. The Hall–Kier alpha value is -0.320. The summed E-state index contributed by atoms with van der Waals surface area (Å²) in [7, 11) is 0. The second kappa shape index (κ2) is 11.1. The molecule has 3 saturated heterocycles. The third kappa shape index (κ3) is 4.53. The molecule has 2 N–H and O–H groups in total. The molecule has 8 fully saturated rings. The van der Waals surface area contributed by atoms with Gasteiger partial charge in [0.2, 0.25) is 0 Å². The summed E-state index contributed by atoms with van der Waals surface area (Å²) in [5.74, 6) is 1.07. The number of hydrogen-bond acceptors (Lipinski definition) is 8. The van der Waals surface area contributed by atoms with E-state index in [9.17, 15) is 10.2 Å². The zero-order chi connectivity index (χ0) is 37.7. The Kier molecular flexibility index (Phi) is 6.67. The van der Waals surface area contributed by atoms with E-state index in [2.05, 4.69) is 39.5 Å². The van der Waals surface area contributed by atoms with Gasteiger partial charge in [0, 0.05) is 22.6 Å². The fourth-order valence-electron chi connectivity index (χ4n) is 14.2. The number of nitrogens with zero attached hydrogens (tertiary/aromatic N) is 1.